The molecule has 0 aromatic carbocycles. The van der Waals surface area contributed by atoms with Crippen molar-refractivity contribution in [1.82, 2.24) is 5.32 Å². The Morgan fingerprint density at radius 1 is 1.44 bits per heavy atom. The molecule has 4 nitrogen and oxygen atoms in total. The fraction of sp³-hybridized carbons (Fsp3) is 0.571. The van der Waals surface area contributed by atoms with E-state index in [4.69, 9.17) is 4.74 Å². The lowest BCUT2D eigenvalue weighted by Gasteiger charge is -2.23. The van der Waals surface area contributed by atoms with Crippen LogP contribution in [0.25, 0.3) is 0 Å². The molecule has 0 unspecified atom stereocenters. The van der Waals surface area contributed by atoms with Crippen LogP contribution < -0.4 is 5.32 Å². The van der Waals surface area contributed by atoms with E-state index in [9.17, 15) is 4.79 Å². The minimum absolute atomic E-state index is 0.337. The molecule has 1 aliphatic rings. The molecule has 0 radical (unpaired) electrons. The standard InChI is InChI=1S/C14H22N2O2/c1-6-11(10-15-7-2)14(8-9-14)16-12(17)18-13(3,4)5/h6-7,10H,1,8-9H2,2-5H3,(H,16,17)/b11-10+,15-7?. The van der Waals surface area contributed by atoms with Crippen LogP contribution in [-0.4, -0.2) is 23.4 Å². The number of nitrogens with zero attached hydrogens (tertiary/aromatic N) is 1. The average Bonchev–Trinajstić information content (AvgIpc) is 2.96. The Kier molecular flexibility index (Phi) is 4.33. The van der Waals surface area contributed by atoms with Gasteiger partial charge in [-0.15, -0.1) is 0 Å². The molecule has 0 spiro atoms. The van der Waals surface area contributed by atoms with Crippen LogP contribution in [0.5, 0.6) is 0 Å². The van der Waals surface area contributed by atoms with Crippen molar-refractivity contribution < 1.29 is 9.53 Å². The number of aliphatic imine (C=N–C) groups is 1. The summed E-state index contributed by atoms with van der Waals surface area (Å²) in [5.41, 5.74) is 0.0996. The van der Waals surface area contributed by atoms with Crippen LogP contribution in [0.1, 0.15) is 40.5 Å². The van der Waals surface area contributed by atoms with E-state index in [1.165, 1.54) is 0 Å². The van der Waals surface area contributed by atoms with Gasteiger partial charge in [-0.3, -0.25) is 4.99 Å². The van der Waals surface area contributed by atoms with E-state index < -0.39 is 11.7 Å². The van der Waals surface area contributed by atoms with Crippen molar-refractivity contribution >= 4 is 12.3 Å². The van der Waals surface area contributed by atoms with Crippen molar-refractivity contribution in [2.45, 2.75) is 51.7 Å². The molecule has 1 fully saturated rings. The lowest BCUT2D eigenvalue weighted by Crippen LogP contribution is -2.41. The van der Waals surface area contributed by atoms with Gasteiger partial charge in [-0.25, -0.2) is 4.79 Å². The molecule has 4 heteroatoms. The van der Waals surface area contributed by atoms with Crippen molar-refractivity contribution in [2.24, 2.45) is 4.99 Å². The molecule has 0 bridgehead atoms. The molecule has 0 heterocycles. The maximum Gasteiger partial charge on any atom is 0.408 e. The quantitative estimate of drug-likeness (QED) is 0.615. The van der Waals surface area contributed by atoms with Gasteiger partial charge in [-0.05, 0) is 46.1 Å². The third-order valence-electron chi connectivity index (χ3n) is 2.63. The lowest BCUT2D eigenvalue weighted by atomic mass is 10.1. The fourth-order valence-corrected chi connectivity index (χ4v) is 1.64. The number of amides is 1. The summed E-state index contributed by atoms with van der Waals surface area (Å²) in [7, 11) is 0. The third-order valence-corrected chi connectivity index (χ3v) is 2.63. The van der Waals surface area contributed by atoms with Gasteiger partial charge in [0.1, 0.15) is 5.60 Å². The van der Waals surface area contributed by atoms with Crippen LogP contribution >= 0.6 is 0 Å². The molecule has 0 aliphatic heterocycles. The second-order valence-corrected chi connectivity index (χ2v) is 5.40. The van der Waals surface area contributed by atoms with Crippen LogP contribution in [0, 0.1) is 0 Å². The van der Waals surface area contributed by atoms with Crippen molar-refractivity contribution in [1.29, 1.82) is 0 Å². The minimum Gasteiger partial charge on any atom is -0.444 e. The Morgan fingerprint density at radius 3 is 2.44 bits per heavy atom. The SMILES string of the molecule is C=C/C(=C\N=CC)C1(NC(=O)OC(C)(C)C)CC1. The number of carbonyl (C=O) groups excluding carboxylic acids is 1. The fourth-order valence-electron chi connectivity index (χ4n) is 1.64. The summed E-state index contributed by atoms with van der Waals surface area (Å²) in [5.74, 6) is 0. The van der Waals surface area contributed by atoms with E-state index in [-0.39, 0.29) is 5.54 Å². The second-order valence-electron chi connectivity index (χ2n) is 5.40. The van der Waals surface area contributed by atoms with E-state index in [1.807, 2.05) is 27.7 Å². The number of hydrogen-bond donors (Lipinski definition) is 1. The van der Waals surface area contributed by atoms with E-state index in [1.54, 1.807) is 18.5 Å². The second kappa shape index (κ2) is 5.38. The molecule has 0 atom stereocenters. The molecule has 1 N–H and O–H groups in total. The van der Waals surface area contributed by atoms with Gasteiger partial charge in [-0.1, -0.05) is 12.7 Å². The third kappa shape index (κ3) is 4.02. The first kappa shape index (κ1) is 14.5. The molecule has 18 heavy (non-hydrogen) atoms. The summed E-state index contributed by atoms with van der Waals surface area (Å²) in [6.07, 6.45) is 6.56. The Bertz CT molecular complexity index is 385. The first-order valence-corrected chi connectivity index (χ1v) is 6.15. The average molecular weight is 250 g/mol. The highest BCUT2D eigenvalue weighted by molar-refractivity contribution is 5.71. The van der Waals surface area contributed by atoms with Crippen molar-refractivity contribution in [3.05, 3.63) is 24.4 Å². The summed E-state index contributed by atoms with van der Waals surface area (Å²) in [6, 6.07) is 0. The van der Waals surface area contributed by atoms with E-state index >= 15 is 0 Å². The molecule has 1 rings (SSSR count). The van der Waals surface area contributed by atoms with E-state index in [0.29, 0.717) is 0 Å². The topological polar surface area (TPSA) is 50.7 Å². The molecular formula is C14H22N2O2. The van der Waals surface area contributed by atoms with Crippen LogP contribution in [0.4, 0.5) is 4.79 Å². The van der Waals surface area contributed by atoms with Gasteiger partial charge in [0.2, 0.25) is 0 Å². The molecule has 0 saturated heterocycles. The highest BCUT2D eigenvalue weighted by atomic mass is 16.6. The summed E-state index contributed by atoms with van der Waals surface area (Å²) in [4.78, 5) is 15.9. The molecule has 1 amide bonds. The summed E-state index contributed by atoms with van der Waals surface area (Å²) in [6.45, 7) is 11.1. The van der Waals surface area contributed by atoms with Crippen molar-refractivity contribution in [3.63, 3.8) is 0 Å². The Hall–Kier alpha value is -1.58. The number of ether oxygens (including phenoxy) is 1. The maximum atomic E-state index is 11.8. The number of nitrogens with one attached hydrogen (secondary N) is 1. The summed E-state index contributed by atoms with van der Waals surface area (Å²) in [5, 5.41) is 2.91. The smallest absolute Gasteiger partial charge is 0.408 e. The van der Waals surface area contributed by atoms with Gasteiger partial charge in [0, 0.05) is 12.4 Å². The van der Waals surface area contributed by atoms with Crippen LogP contribution in [0.15, 0.2) is 29.4 Å². The van der Waals surface area contributed by atoms with Crippen molar-refractivity contribution in [2.75, 3.05) is 0 Å². The number of carbonyl (C=O) groups is 1. The van der Waals surface area contributed by atoms with Crippen LogP contribution in [0.2, 0.25) is 0 Å². The predicted octanol–water partition coefficient (Wildman–Crippen LogP) is 3.20. The molecule has 1 aliphatic carbocycles. The monoisotopic (exact) mass is 250 g/mol. The molecule has 0 aromatic rings. The Balaban J connectivity index is 2.71. The summed E-state index contributed by atoms with van der Waals surface area (Å²) < 4.78 is 5.26. The number of alkyl carbamates (subject to hydrolysis) is 1. The normalized spacial score (nSPS) is 18.6. The maximum absolute atomic E-state index is 11.8. The number of hydrogen-bond acceptors (Lipinski definition) is 3. The van der Waals surface area contributed by atoms with Gasteiger partial charge < -0.3 is 10.1 Å². The van der Waals surface area contributed by atoms with Gasteiger partial charge in [0.25, 0.3) is 0 Å². The minimum atomic E-state index is -0.486. The van der Waals surface area contributed by atoms with E-state index in [2.05, 4.69) is 16.9 Å². The van der Waals surface area contributed by atoms with Gasteiger partial charge in [-0.2, -0.15) is 0 Å². The zero-order valence-corrected chi connectivity index (χ0v) is 11.6. The predicted molar refractivity (Wildman–Crippen MR) is 73.8 cm³/mol. The molecule has 1 saturated carbocycles. The van der Waals surface area contributed by atoms with Gasteiger partial charge in [0.05, 0.1) is 5.54 Å². The van der Waals surface area contributed by atoms with Gasteiger partial charge in [0.15, 0.2) is 0 Å². The Morgan fingerprint density at radius 2 is 2.06 bits per heavy atom. The highest BCUT2D eigenvalue weighted by Gasteiger charge is 2.47. The molecular weight excluding hydrogens is 228 g/mol. The van der Waals surface area contributed by atoms with Crippen LogP contribution in [-0.2, 0) is 4.74 Å². The van der Waals surface area contributed by atoms with E-state index in [0.717, 1.165) is 18.4 Å². The largest absolute Gasteiger partial charge is 0.444 e. The Labute approximate surface area is 109 Å². The highest BCUT2D eigenvalue weighted by Crippen LogP contribution is 2.42. The first-order valence-electron chi connectivity index (χ1n) is 6.15. The zero-order valence-electron chi connectivity index (χ0n) is 11.6. The van der Waals surface area contributed by atoms with Gasteiger partial charge >= 0.3 is 6.09 Å². The summed E-state index contributed by atoms with van der Waals surface area (Å²) >= 11 is 0. The lowest BCUT2D eigenvalue weighted by molar-refractivity contribution is 0.0506. The zero-order chi connectivity index (χ0) is 13.8. The van der Waals surface area contributed by atoms with Crippen LogP contribution in [0.3, 0.4) is 0 Å². The first-order chi connectivity index (χ1) is 8.33. The van der Waals surface area contributed by atoms with Crippen molar-refractivity contribution in [3.8, 4) is 0 Å². The molecule has 100 valence electrons. The molecule has 0 aromatic heterocycles. The number of rotatable bonds is 4.